The summed E-state index contributed by atoms with van der Waals surface area (Å²) in [5, 5.41) is 0. The van der Waals surface area contributed by atoms with Gasteiger partial charge in [0.05, 0.1) is 6.42 Å². The average Bonchev–Trinajstić information content (AvgIpc) is 1.85. The van der Waals surface area contributed by atoms with E-state index in [1.54, 1.807) is 0 Å². The third-order valence-corrected chi connectivity index (χ3v) is 0.903. The predicted molar refractivity (Wildman–Crippen MR) is 35.0 cm³/mol. The van der Waals surface area contributed by atoms with Gasteiger partial charge in [-0.3, -0.25) is 4.79 Å². The molecule has 0 rings (SSSR count). The summed E-state index contributed by atoms with van der Waals surface area (Å²) in [7, 11) is 0. The van der Waals surface area contributed by atoms with Gasteiger partial charge < -0.3 is 15.3 Å². The van der Waals surface area contributed by atoms with Crippen molar-refractivity contribution < 1.29 is 19.2 Å². The maximum absolute atomic E-state index is 10.4. The molecule has 6 heteroatoms. The molecule has 4 N–H and O–H groups in total. The van der Waals surface area contributed by atoms with E-state index in [9.17, 15) is 9.59 Å². The molecule has 0 saturated heterocycles. The van der Waals surface area contributed by atoms with Crippen LogP contribution in [0.15, 0.2) is 0 Å². The second kappa shape index (κ2) is 4.51. The van der Waals surface area contributed by atoms with Gasteiger partial charge in [-0.1, -0.05) is 0 Å². The van der Waals surface area contributed by atoms with Crippen LogP contribution in [0, 0.1) is 0 Å². The van der Waals surface area contributed by atoms with Crippen molar-refractivity contribution in [3.8, 4) is 0 Å². The second-order valence-corrected chi connectivity index (χ2v) is 1.94. The van der Waals surface area contributed by atoms with E-state index in [1.165, 1.54) is 6.92 Å². The summed E-state index contributed by atoms with van der Waals surface area (Å²) in [5.41, 5.74) is 4.67. The van der Waals surface area contributed by atoms with Gasteiger partial charge in [-0.15, -0.1) is 0 Å². The van der Waals surface area contributed by atoms with Gasteiger partial charge in [0.1, 0.15) is 6.10 Å². The molecule has 0 aliphatic rings. The molecule has 0 aromatic rings. The van der Waals surface area contributed by atoms with Crippen LogP contribution in [0.25, 0.3) is 0 Å². The first-order valence-corrected chi connectivity index (χ1v) is 2.92. The Hall–Kier alpha value is -1.30. The minimum Gasteiger partial charge on any atom is -0.446 e. The Bertz CT molecular complexity index is 159. The van der Waals surface area contributed by atoms with Crippen molar-refractivity contribution in [1.29, 1.82) is 0 Å². The molecular formula is C5H10N2O4. The van der Waals surface area contributed by atoms with Gasteiger partial charge in [-0.05, 0) is 6.92 Å². The van der Waals surface area contributed by atoms with Crippen molar-refractivity contribution in [2.75, 3.05) is 0 Å². The molecule has 0 aromatic heterocycles. The lowest BCUT2D eigenvalue weighted by molar-refractivity contribution is -0.146. The van der Waals surface area contributed by atoms with Crippen LogP contribution in [-0.2, 0) is 14.4 Å². The summed E-state index contributed by atoms with van der Waals surface area (Å²) in [6.45, 7) is 1.50. The fourth-order valence-electron chi connectivity index (χ4n) is 0.523. The molecule has 11 heavy (non-hydrogen) atoms. The quantitative estimate of drug-likeness (QED) is 0.532. The van der Waals surface area contributed by atoms with Crippen molar-refractivity contribution in [3.63, 3.8) is 0 Å². The number of carbonyl (C=O) groups excluding carboxylic acids is 2. The van der Waals surface area contributed by atoms with Crippen molar-refractivity contribution in [2.24, 2.45) is 11.6 Å². The lowest BCUT2D eigenvalue weighted by Gasteiger charge is -2.08. The van der Waals surface area contributed by atoms with Gasteiger partial charge in [0.25, 0.3) is 0 Å². The number of hydrogen-bond donors (Lipinski definition) is 2. The number of hydrogen-bond acceptors (Lipinski definition) is 5. The summed E-state index contributed by atoms with van der Waals surface area (Å²) in [6.07, 6.45) is -1.63. The first-order chi connectivity index (χ1) is 5.06. The van der Waals surface area contributed by atoms with E-state index in [0.717, 1.165) is 0 Å². The Balaban J connectivity index is 3.60. The van der Waals surface area contributed by atoms with Gasteiger partial charge in [0.2, 0.25) is 0 Å². The van der Waals surface area contributed by atoms with Crippen LogP contribution in [-0.4, -0.2) is 18.2 Å². The Morgan fingerprint density at radius 2 is 2.09 bits per heavy atom. The summed E-state index contributed by atoms with van der Waals surface area (Å²) < 4.78 is 4.41. The smallest absolute Gasteiger partial charge is 0.404 e. The number of nitrogens with two attached hydrogens (primary N) is 2. The van der Waals surface area contributed by atoms with Gasteiger partial charge >= 0.3 is 12.1 Å². The molecule has 0 aliphatic carbocycles. The molecule has 1 atom stereocenters. The van der Waals surface area contributed by atoms with Crippen LogP contribution < -0.4 is 11.6 Å². The molecular weight excluding hydrogens is 152 g/mol. The number of ether oxygens (including phenoxy) is 1. The monoisotopic (exact) mass is 162 g/mol. The van der Waals surface area contributed by atoms with Crippen LogP contribution in [0.4, 0.5) is 4.79 Å². The molecule has 0 radical (unpaired) electrons. The van der Waals surface area contributed by atoms with Crippen molar-refractivity contribution in [2.45, 2.75) is 19.4 Å². The molecule has 0 bridgehead atoms. The van der Waals surface area contributed by atoms with Gasteiger partial charge in [-0.25, -0.2) is 4.79 Å². The Labute approximate surface area is 63.4 Å². The molecule has 0 aromatic carbocycles. The molecule has 0 heterocycles. The average molecular weight is 162 g/mol. The van der Waals surface area contributed by atoms with Crippen molar-refractivity contribution >= 4 is 12.1 Å². The zero-order valence-corrected chi connectivity index (χ0v) is 6.07. The number of amides is 1. The summed E-state index contributed by atoms with van der Waals surface area (Å²) in [5.74, 6) is 3.88. The highest BCUT2D eigenvalue weighted by Crippen LogP contribution is 1.97. The molecule has 1 amide bonds. The lowest BCUT2D eigenvalue weighted by Crippen LogP contribution is -2.24. The van der Waals surface area contributed by atoms with Gasteiger partial charge in [0, 0.05) is 0 Å². The molecule has 0 fully saturated rings. The van der Waals surface area contributed by atoms with E-state index in [-0.39, 0.29) is 6.42 Å². The maximum atomic E-state index is 10.4. The van der Waals surface area contributed by atoms with Crippen LogP contribution in [0.5, 0.6) is 0 Å². The number of primary amides is 1. The maximum Gasteiger partial charge on any atom is 0.404 e. The molecule has 0 saturated carbocycles. The van der Waals surface area contributed by atoms with Gasteiger partial charge in [0.15, 0.2) is 0 Å². The summed E-state index contributed by atoms with van der Waals surface area (Å²) >= 11 is 0. The Kier molecular flexibility index (Phi) is 3.97. The molecule has 0 aliphatic heterocycles. The lowest BCUT2D eigenvalue weighted by atomic mass is 10.3. The summed E-state index contributed by atoms with van der Waals surface area (Å²) in [6, 6.07) is 0. The van der Waals surface area contributed by atoms with E-state index in [2.05, 4.69) is 21.2 Å². The first-order valence-electron chi connectivity index (χ1n) is 2.92. The first kappa shape index (κ1) is 9.70. The van der Waals surface area contributed by atoms with Crippen molar-refractivity contribution in [3.05, 3.63) is 0 Å². The Morgan fingerprint density at radius 3 is 2.45 bits per heavy atom. The highest BCUT2D eigenvalue weighted by Gasteiger charge is 2.11. The van der Waals surface area contributed by atoms with Crippen LogP contribution in [0.2, 0.25) is 0 Å². The van der Waals surface area contributed by atoms with Gasteiger partial charge in [-0.2, -0.15) is 5.90 Å². The SMILES string of the molecule is C[C@H](CC(=O)ON)OC(N)=O. The molecule has 64 valence electrons. The second-order valence-electron chi connectivity index (χ2n) is 1.94. The highest BCUT2D eigenvalue weighted by molar-refractivity contribution is 5.70. The largest absolute Gasteiger partial charge is 0.446 e. The Morgan fingerprint density at radius 1 is 1.55 bits per heavy atom. The fraction of sp³-hybridized carbons (Fsp3) is 0.600. The normalized spacial score (nSPS) is 11.8. The van der Waals surface area contributed by atoms with E-state index < -0.39 is 18.2 Å². The highest BCUT2D eigenvalue weighted by atomic mass is 16.7. The van der Waals surface area contributed by atoms with Crippen LogP contribution in [0.3, 0.4) is 0 Å². The van der Waals surface area contributed by atoms with Crippen molar-refractivity contribution in [1.82, 2.24) is 0 Å². The third kappa shape index (κ3) is 5.16. The molecule has 0 unspecified atom stereocenters. The van der Waals surface area contributed by atoms with E-state index in [4.69, 9.17) is 0 Å². The third-order valence-electron chi connectivity index (χ3n) is 0.903. The number of rotatable bonds is 3. The van der Waals surface area contributed by atoms with E-state index in [0.29, 0.717) is 0 Å². The van der Waals surface area contributed by atoms with Crippen LogP contribution in [0.1, 0.15) is 13.3 Å². The summed E-state index contributed by atoms with van der Waals surface area (Å²) in [4.78, 5) is 24.4. The zero-order chi connectivity index (χ0) is 8.85. The molecule has 6 nitrogen and oxygen atoms in total. The minimum absolute atomic E-state index is 0.0978. The van der Waals surface area contributed by atoms with E-state index in [1.807, 2.05) is 0 Å². The minimum atomic E-state index is -0.928. The zero-order valence-electron chi connectivity index (χ0n) is 6.07. The fourth-order valence-corrected chi connectivity index (χ4v) is 0.523. The number of carbonyl (C=O) groups is 2. The van der Waals surface area contributed by atoms with Crippen LogP contribution >= 0.6 is 0 Å². The topological polar surface area (TPSA) is 105 Å². The standard InChI is InChI=1S/C5H10N2O4/c1-3(10-5(6)9)2-4(8)11-7/h3H,2,7H2,1H3,(H2,6,9)/t3-/m1/s1. The predicted octanol–water partition coefficient (Wildman–Crippen LogP) is -0.723. The van der Waals surface area contributed by atoms with E-state index >= 15 is 0 Å². The molecule has 0 spiro atoms.